The van der Waals surface area contributed by atoms with Gasteiger partial charge in [0.1, 0.15) is 6.10 Å². The van der Waals surface area contributed by atoms with Crippen molar-refractivity contribution in [3.63, 3.8) is 0 Å². The molecular formula is C25H34N2O4. The van der Waals surface area contributed by atoms with Gasteiger partial charge in [0.15, 0.2) is 11.5 Å². The Hall–Kier alpha value is -1.79. The van der Waals surface area contributed by atoms with E-state index in [-0.39, 0.29) is 29.2 Å². The van der Waals surface area contributed by atoms with E-state index in [1.165, 1.54) is 24.8 Å². The van der Waals surface area contributed by atoms with E-state index in [0.717, 1.165) is 37.4 Å². The molecule has 3 fully saturated rings. The number of rotatable bonds is 3. The molecule has 3 N–H and O–H groups in total. The first-order valence-corrected chi connectivity index (χ1v) is 11.9. The van der Waals surface area contributed by atoms with Crippen LogP contribution in [0.5, 0.6) is 11.5 Å². The number of oxime groups is 1. The second-order valence-electron chi connectivity index (χ2n) is 11.7. The highest BCUT2D eigenvalue weighted by Crippen LogP contribution is 2.67. The lowest BCUT2D eigenvalue weighted by Gasteiger charge is -2.65. The van der Waals surface area contributed by atoms with E-state index in [1.54, 1.807) is 6.07 Å². The standard InChI is InChI=1S/C25H34N2O4/c1-23(2,3)20-16(26-30)13-25(29)18-12-15-6-7-17(28)21-19(15)24(25,22(20)31-21)9-11-27(18)10-8-14-4-5-14/h6-7,14,18,20,22,28-30H,4-5,8-13H2,1-3H3/t18-,20?,22+,24+,25-/m1/s1. The first-order valence-electron chi connectivity index (χ1n) is 11.9. The average molecular weight is 427 g/mol. The summed E-state index contributed by atoms with van der Waals surface area (Å²) < 4.78 is 6.57. The topological polar surface area (TPSA) is 85.5 Å². The van der Waals surface area contributed by atoms with E-state index >= 15 is 0 Å². The maximum Gasteiger partial charge on any atom is 0.165 e. The van der Waals surface area contributed by atoms with Gasteiger partial charge in [0, 0.05) is 23.9 Å². The molecule has 6 nitrogen and oxygen atoms in total. The third-order valence-electron chi connectivity index (χ3n) is 9.07. The molecule has 2 saturated carbocycles. The molecule has 2 heterocycles. The molecule has 168 valence electrons. The quantitative estimate of drug-likeness (QED) is 0.509. The monoisotopic (exact) mass is 426 g/mol. The zero-order valence-electron chi connectivity index (χ0n) is 18.8. The number of piperidine rings is 1. The summed E-state index contributed by atoms with van der Waals surface area (Å²) in [7, 11) is 0. The van der Waals surface area contributed by atoms with Gasteiger partial charge in [-0.1, -0.05) is 44.8 Å². The van der Waals surface area contributed by atoms with Gasteiger partial charge < -0.3 is 20.2 Å². The predicted octanol–water partition coefficient (Wildman–Crippen LogP) is 3.45. The van der Waals surface area contributed by atoms with E-state index in [1.807, 2.05) is 6.07 Å². The number of benzene rings is 1. The third-order valence-corrected chi connectivity index (χ3v) is 9.07. The van der Waals surface area contributed by atoms with E-state index in [4.69, 9.17) is 4.74 Å². The largest absolute Gasteiger partial charge is 0.504 e. The molecule has 1 saturated heterocycles. The van der Waals surface area contributed by atoms with Crippen molar-refractivity contribution in [3.05, 3.63) is 23.3 Å². The van der Waals surface area contributed by atoms with Gasteiger partial charge in [-0.2, -0.15) is 0 Å². The molecule has 31 heavy (non-hydrogen) atoms. The molecule has 6 rings (SSSR count). The highest BCUT2D eigenvalue weighted by Gasteiger charge is 2.75. The zero-order valence-corrected chi connectivity index (χ0v) is 18.8. The minimum Gasteiger partial charge on any atom is -0.504 e. The number of nitrogens with zero attached hydrogens (tertiary/aromatic N) is 2. The Morgan fingerprint density at radius 1 is 1.26 bits per heavy atom. The van der Waals surface area contributed by atoms with Crippen molar-refractivity contribution in [3.8, 4) is 11.5 Å². The lowest BCUT2D eigenvalue weighted by molar-refractivity contribution is -0.180. The van der Waals surface area contributed by atoms with E-state index in [2.05, 4.69) is 30.8 Å². The summed E-state index contributed by atoms with van der Waals surface area (Å²) in [5, 5.41) is 37.0. The summed E-state index contributed by atoms with van der Waals surface area (Å²) in [6.45, 7) is 8.36. The maximum atomic E-state index is 12.5. The van der Waals surface area contributed by atoms with Crippen molar-refractivity contribution in [1.29, 1.82) is 0 Å². The maximum absolute atomic E-state index is 12.5. The molecular weight excluding hydrogens is 392 g/mol. The fourth-order valence-corrected chi connectivity index (χ4v) is 7.55. The Kier molecular flexibility index (Phi) is 3.95. The predicted molar refractivity (Wildman–Crippen MR) is 117 cm³/mol. The Morgan fingerprint density at radius 3 is 2.71 bits per heavy atom. The average Bonchev–Trinajstić information content (AvgIpc) is 3.46. The van der Waals surface area contributed by atoms with Crippen LogP contribution in [0, 0.1) is 17.3 Å². The zero-order chi connectivity index (χ0) is 21.8. The van der Waals surface area contributed by atoms with Gasteiger partial charge in [-0.05, 0) is 55.3 Å². The summed E-state index contributed by atoms with van der Waals surface area (Å²) in [6.07, 6.45) is 5.40. The van der Waals surface area contributed by atoms with Crippen LogP contribution in [-0.2, 0) is 11.8 Å². The molecule has 1 unspecified atom stereocenters. The highest BCUT2D eigenvalue weighted by atomic mass is 16.5. The van der Waals surface area contributed by atoms with E-state index < -0.39 is 11.0 Å². The lowest BCUT2D eigenvalue weighted by Crippen LogP contribution is -2.78. The number of aliphatic hydroxyl groups is 1. The minimum atomic E-state index is -1.07. The number of ether oxygens (including phenoxy) is 1. The fraction of sp³-hybridized carbons (Fsp3) is 0.720. The summed E-state index contributed by atoms with van der Waals surface area (Å²) in [5.41, 5.74) is 0.968. The second-order valence-corrected chi connectivity index (χ2v) is 11.7. The van der Waals surface area contributed by atoms with Gasteiger partial charge in [0.2, 0.25) is 0 Å². The molecule has 0 radical (unpaired) electrons. The van der Waals surface area contributed by atoms with Crippen molar-refractivity contribution in [2.24, 2.45) is 22.4 Å². The van der Waals surface area contributed by atoms with Crippen LogP contribution < -0.4 is 4.74 Å². The minimum absolute atomic E-state index is 0.0354. The Morgan fingerprint density at radius 2 is 2.03 bits per heavy atom. The van der Waals surface area contributed by atoms with Crippen molar-refractivity contribution < 1.29 is 20.2 Å². The number of phenols is 1. The summed E-state index contributed by atoms with van der Waals surface area (Å²) in [4.78, 5) is 2.49. The first kappa shape index (κ1) is 19.9. The number of aromatic hydroxyl groups is 1. The number of phenolic OH excluding ortho intramolecular Hbond substituents is 1. The molecule has 1 aromatic rings. The van der Waals surface area contributed by atoms with E-state index in [0.29, 0.717) is 17.9 Å². The third kappa shape index (κ3) is 2.44. The molecule has 1 spiro atoms. The van der Waals surface area contributed by atoms with Crippen LogP contribution in [0.3, 0.4) is 0 Å². The molecule has 2 bridgehead atoms. The van der Waals surface area contributed by atoms with Crippen LogP contribution in [0.25, 0.3) is 0 Å². The lowest BCUT2D eigenvalue weighted by atomic mass is 9.45. The normalized spacial score (nSPS) is 40.0. The van der Waals surface area contributed by atoms with Gasteiger partial charge in [-0.25, -0.2) is 0 Å². The van der Waals surface area contributed by atoms with Gasteiger partial charge in [0.25, 0.3) is 0 Å². The second kappa shape index (κ2) is 6.16. The number of likely N-dealkylation sites (tertiary alicyclic amines) is 1. The summed E-state index contributed by atoms with van der Waals surface area (Å²) in [5.74, 6) is 1.39. The van der Waals surface area contributed by atoms with Gasteiger partial charge in [-0.15, -0.1) is 0 Å². The van der Waals surface area contributed by atoms with Gasteiger partial charge >= 0.3 is 0 Å². The van der Waals surface area contributed by atoms with E-state index in [9.17, 15) is 15.4 Å². The van der Waals surface area contributed by atoms with Crippen LogP contribution in [-0.4, -0.2) is 56.9 Å². The van der Waals surface area contributed by atoms with Crippen molar-refractivity contribution in [1.82, 2.24) is 4.90 Å². The molecule has 5 atom stereocenters. The molecule has 3 aliphatic carbocycles. The van der Waals surface area contributed by atoms with Crippen LogP contribution in [0.15, 0.2) is 17.3 Å². The SMILES string of the molecule is CC(C)(C)C1C(=NO)C[C@@]2(O)[C@H]3Cc4ccc(O)c5c4[C@@]2(CCN3CCC2CC2)[C@H]1O5. The van der Waals surface area contributed by atoms with Gasteiger partial charge in [0.05, 0.1) is 16.7 Å². The van der Waals surface area contributed by atoms with Crippen LogP contribution in [0.1, 0.15) is 64.0 Å². The Balaban J connectivity index is 1.54. The highest BCUT2D eigenvalue weighted by molar-refractivity contribution is 5.91. The molecule has 0 amide bonds. The van der Waals surface area contributed by atoms with Crippen LogP contribution in [0.4, 0.5) is 0 Å². The smallest absolute Gasteiger partial charge is 0.165 e. The molecule has 1 aromatic carbocycles. The molecule has 2 aliphatic heterocycles. The van der Waals surface area contributed by atoms with Crippen molar-refractivity contribution >= 4 is 5.71 Å². The summed E-state index contributed by atoms with van der Waals surface area (Å²) in [6, 6.07) is 3.73. The Bertz CT molecular complexity index is 965. The van der Waals surface area contributed by atoms with Crippen molar-refractivity contribution in [2.75, 3.05) is 13.1 Å². The fourth-order valence-electron chi connectivity index (χ4n) is 7.55. The molecule has 0 aromatic heterocycles. The Labute approximate surface area is 183 Å². The first-order chi connectivity index (χ1) is 14.7. The molecule has 6 heteroatoms. The van der Waals surface area contributed by atoms with Crippen LogP contribution in [0.2, 0.25) is 0 Å². The number of hydrogen-bond acceptors (Lipinski definition) is 6. The van der Waals surface area contributed by atoms with Crippen molar-refractivity contribution in [2.45, 2.75) is 82.5 Å². The summed E-state index contributed by atoms with van der Waals surface area (Å²) >= 11 is 0. The van der Waals surface area contributed by atoms with Gasteiger partial charge in [-0.3, -0.25) is 4.90 Å². The molecule has 5 aliphatic rings. The number of hydrogen-bond donors (Lipinski definition) is 3. The van der Waals surface area contributed by atoms with Crippen LogP contribution >= 0.6 is 0 Å².